The van der Waals surface area contributed by atoms with Gasteiger partial charge in [-0.15, -0.1) is 0 Å². The summed E-state index contributed by atoms with van der Waals surface area (Å²) in [5.74, 6) is -7.79. The summed E-state index contributed by atoms with van der Waals surface area (Å²) in [7, 11) is 6.60. The first-order chi connectivity index (χ1) is 18.0. The fraction of sp³-hybridized carbons (Fsp3) is 0.462. The number of aliphatic hydroxyl groups is 3. The van der Waals surface area contributed by atoms with Gasteiger partial charge in [0.05, 0.1) is 22.1 Å². The number of hydrogen-bond donors (Lipinski definition) is 6. The predicted molar refractivity (Wildman–Crippen MR) is 145 cm³/mol. The first-order valence-corrected chi connectivity index (χ1v) is 13.1. The largest absolute Gasteiger partial charge is 0.510 e. The van der Waals surface area contributed by atoms with E-state index in [1.807, 2.05) is 0 Å². The minimum Gasteiger partial charge on any atom is -0.510 e. The Bertz CT molecular complexity index is 1380. The summed E-state index contributed by atoms with van der Waals surface area (Å²) in [6.45, 7) is 1.59. The van der Waals surface area contributed by atoms with Gasteiger partial charge in [-0.25, -0.2) is 0 Å². The molecule has 13 heteroatoms. The number of phenols is 1. The van der Waals surface area contributed by atoms with Gasteiger partial charge in [0.1, 0.15) is 17.1 Å². The molecule has 4 rings (SSSR count). The zero-order valence-corrected chi connectivity index (χ0v) is 23.7. The van der Waals surface area contributed by atoms with E-state index >= 15 is 0 Å². The van der Waals surface area contributed by atoms with Gasteiger partial charge in [0.2, 0.25) is 11.7 Å². The fourth-order valence-corrected chi connectivity index (χ4v) is 6.14. The lowest BCUT2D eigenvalue weighted by Gasteiger charge is -2.50. The van der Waals surface area contributed by atoms with Gasteiger partial charge in [-0.3, -0.25) is 24.1 Å². The lowest BCUT2D eigenvalue weighted by Crippen LogP contribution is -2.63. The van der Waals surface area contributed by atoms with E-state index in [0.29, 0.717) is 11.3 Å². The summed E-state index contributed by atoms with van der Waals surface area (Å²) < 4.78 is 0. The molecule has 0 bridgehead atoms. The maximum Gasteiger partial charge on any atom is 0.255 e. The molecule has 12 nitrogen and oxygen atoms in total. The van der Waals surface area contributed by atoms with Crippen LogP contribution in [-0.2, 0) is 20.8 Å². The molecule has 0 fully saturated rings. The van der Waals surface area contributed by atoms with E-state index in [1.54, 1.807) is 46.1 Å². The molecule has 0 aliphatic heterocycles. The highest BCUT2D eigenvalue weighted by Crippen LogP contribution is 2.53. The third-order valence-electron chi connectivity index (χ3n) is 7.80. The van der Waals surface area contributed by atoms with Crippen molar-refractivity contribution in [1.29, 1.82) is 0 Å². The van der Waals surface area contributed by atoms with Crippen LogP contribution in [0.5, 0.6) is 5.75 Å². The van der Waals surface area contributed by atoms with Crippen LogP contribution in [0, 0.1) is 11.8 Å². The zero-order chi connectivity index (χ0) is 29.3. The van der Waals surface area contributed by atoms with Gasteiger partial charge in [-0.2, -0.15) is 0 Å². The number of amides is 2. The van der Waals surface area contributed by atoms with Crippen molar-refractivity contribution in [3.8, 4) is 5.75 Å². The van der Waals surface area contributed by atoms with Crippen LogP contribution in [0.2, 0.25) is 0 Å². The lowest BCUT2D eigenvalue weighted by molar-refractivity contribution is -0.148. The number of carbonyl (C=O) groups is 4. The molecule has 3 aliphatic carbocycles. The highest BCUT2D eigenvalue weighted by Gasteiger charge is 2.63. The van der Waals surface area contributed by atoms with Crippen molar-refractivity contribution in [2.75, 3.05) is 38.4 Å². The quantitative estimate of drug-likeness (QED) is 0.159. The second-order valence-corrected chi connectivity index (χ2v) is 12.0. The normalized spacial score (nSPS) is 27.1. The minimum atomic E-state index is -2.72. The number of phenolic OH excluding ortho intramolecular Hbond substituents is 1. The molecule has 1 aromatic rings. The van der Waals surface area contributed by atoms with Crippen LogP contribution in [-0.4, -0.2) is 93.4 Å². The summed E-state index contributed by atoms with van der Waals surface area (Å²) >= 11 is 3.16. The molecule has 0 aromatic heterocycles. The van der Waals surface area contributed by atoms with Crippen LogP contribution < -0.4 is 16.0 Å². The van der Waals surface area contributed by atoms with Crippen molar-refractivity contribution in [2.24, 2.45) is 17.6 Å². The third kappa shape index (κ3) is 4.10. The Kier molecular flexibility index (Phi) is 7.07. The molecule has 2 amide bonds. The second-order valence-electron chi connectivity index (χ2n) is 10.6. The highest BCUT2D eigenvalue weighted by molar-refractivity contribution is 9.10. The number of alkyl halides is 1. The van der Waals surface area contributed by atoms with Crippen molar-refractivity contribution in [2.45, 2.75) is 36.2 Å². The maximum absolute atomic E-state index is 13.9. The van der Waals surface area contributed by atoms with E-state index < -0.39 is 74.5 Å². The summed E-state index contributed by atoms with van der Waals surface area (Å²) in [5, 5.41) is 47.7. The number of allylic oxidation sites excluding steroid dienone is 1. The molecule has 0 saturated heterocycles. The number of ketones is 2. The molecule has 0 heterocycles. The van der Waals surface area contributed by atoms with E-state index in [2.05, 4.69) is 21.2 Å². The first kappa shape index (κ1) is 28.6. The Labute approximate surface area is 232 Å². The molecule has 4 unspecified atom stereocenters. The molecular weight excluding hydrogens is 576 g/mol. The van der Waals surface area contributed by atoms with Gasteiger partial charge in [-0.05, 0) is 51.4 Å². The Morgan fingerprint density at radius 1 is 1.18 bits per heavy atom. The molecule has 0 radical (unpaired) electrons. The van der Waals surface area contributed by atoms with Gasteiger partial charge >= 0.3 is 0 Å². The Balaban J connectivity index is 1.96. The molecular formula is C26H31BrN4O8. The van der Waals surface area contributed by atoms with Crippen molar-refractivity contribution in [3.05, 3.63) is 39.9 Å². The zero-order valence-electron chi connectivity index (χ0n) is 22.1. The van der Waals surface area contributed by atoms with E-state index in [9.17, 15) is 39.6 Å². The minimum absolute atomic E-state index is 0.0149. The summed E-state index contributed by atoms with van der Waals surface area (Å²) in [6, 6.07) is 0.476. The Morgan fingerprint density at radius 2 is 1.79 bits per heavy atom. The molecule has 0 spiro atoms. The lowest BCUT2D eigenvalue weighted by atomic mass is 9.58. The fourth-order valence-electron chi connectivity index (χ4n) is 6.03. The Morgan fingerprint density at radius 3 is 2.31 bits per heavy atom. The van der Waals surface area contributed by atoms with Crippen LogP contribution in [0.25, 0.3) is 0 Å². The Hall–Kier alpha value is -3.42. The number of likely N-dealkylation sites (N-methyl/N-ethyl adjacent to an activating group) is 1. The van der Waals surface area contributed by atoms with Gasteiger partial charge < -0.3 is 36.4 Å². The topological polar surface area (TPSA) is 194 Å². The second kappa shape index (κ2) is 9.65. The van der Waals surface area contributed by atoms with Gasteiger partial charge in [0, 0.05) is 31.3 Å². The van der Waals surface area contributed by atoms with E-state index in [1.165, 1.54) is 4.90 Å². The molecule has 3 aliphatic rings. The summed E-state index contributed by atoms with van der Waals surface area (Å²) in [5.41, 5.74) is 2.28. The number of nitrogens with zero attached hydrogens (tertiary/aromatic N) is 2. The molecule has 0 saturated carbocycles. The predicted octanol–water partition coefficient (Wildman–Crippen LogP) is 0.909. The standard InChI is InChI=1S/C26H31BrN4O8/c1-9(27)25(38)29-13-8-14(30(2)3)11-6-10-7-12-18(31(4)5)21(34)17(24(28)37)23(36)26(12,39)22(35)15(10)20(33)16(11)19(13)32/h8-10,12,18,32,34-35,39H,6-7H2,1-5H3,(H2,28,37)(H,29,38)/t9?,10?,12?,18-,26?/m0/s1. The number of fused-ring (bicyclic) bond motifs is 3. The number of nitrogens with one attached hydrogen (secondary N) is 1. The molecule has 5 atom stereocenters. The number of hydrogen-bond acceptors (Lipinski definition) is 10. The first-order valence-electron chi connectivity index (χ1n) is 12.2. The van der Waals surface area contributed by atoms with Crippen LogP contribution in [0.15, 0.2) is 28.7 Å². The van der Waals surface area contributed by atoms with E-state index in [0.717, 1.165) is 0 Å². The number of aliphatic hydroxyl groups excluding tert-OH is 2. The van der Waals surface area contributed by atoms with Crippen molar-refractivity contribution in [3.63, 3.8) is 0 Å². The SMILES string of the molecule is CC(Br)C(=O)Nc1cc(N(C)C)c2c(c1O)C(=O)C1=C(O)C3(O)C(=O)C(C(N)=O)=C(O)[C@@H](N(C)C)C3CC1C2. The number of halogens is 1. The number of nitrogens with two attached hydrogens (primary N) is 1. The van der Waals surface area contributed by atoms with Crippen molar-refractivity contribution in [1.82, 2.24) is 4.90 Å². The maximum atomic E-state index is 13.9. The van der Waals surface area contributed by atoms with Gasteiger partial charge in [0.15, 0.2) is 17.1 Å². The number of aromatic hydroxyl groups is 1. The molecule has 1 aromatic carbocycles. The number of primary amides is 1. The number of benzene rings is 1. The van der Waals surface area contributed by atoms with Crippen LogP contribution in [0.4, 0.5) is 11.4 Å². The smallest absolute Gasteiger partial charge is 0.255 e. The number of Topliss-reactive ketones (excluding diaryl/α,β-unsaturated/α-hetero) is 2. The van der Waals surface area contributed by atoms with Gasteiger partial charge in [0.25, 0.3) is 5.91 Å². The number of anilines is 2. The highest BCUT2D eigenvalue weighted by atomic mass is 79.9. The molecule has 7 N–H and O–H groups in total. The average molecular weight is 607 g/mol. The molecule has 39 heavy (non-hydrogen) atoms. The van der Waals surface area contributed by atoms with Crippen molar-refractivity contribution >= 4 is 50.7 Å². The van der Waals surface area contributed by atoms with E-state index in [4.69, 9.17) is 5.73 Å². The summed E-state index contributed by atoms with van der Waals surface area (Å²) in [6.07, 6.45) is 0.123. The van der Waals surface area contributed by atoms with Crippen molar-refractivity contribution < 1.29 is 39.6 Å². The van der Waals surface area contributed by atoms with Crippen LogP contribution >= 0.6 is 15.9 Å². The average Bonchev–Trinajstić information content (AvgIpc) is 2.82. The van der Waals surface area contributed by atoms with Crippen LogP contribution in [0.1, 0.15) is 29.3 Å². The third-order valence-corrected chi connectivity index (χ3v) is 8.22. The summed E-state index contributed by atoms with van der Waals surface area (Å²) in [4.78, 5) is 54.4. The van der Waals surface area contributed by atoms with Gasteiger partial charge in [-0.1, -0.05) is 15.9 Å². The number of carbonyl (C=O) groups excluding carboxylic acids is 4. The van der Waals surface area contributed by atoms with E-state index in [-0.39, 0.29) is 29.7 Å². The molecule has 210 valence electrons. The van der Waals surface area contributed by atoms with Crippen LogP contribution in [0.3, 0.4) is 0 Å². The monoisotopic (exact) mass is 606 g/mol. The number of rotatable bonds is 5.